The molecule has 0 aromatic heterocycles. The van der Waals surface area contributed by atoms with E-state index in [0.717, 1.165) is 11.3 Å². The number of nitrogens with one attached hydrogen (secondary N) is 2. The lowest BCUT2D eigenvalue weighted by molar-refractivity contribution is -0.385. The van der Waals surface area contributed by atoms with Gasteiger partial charge in [-0.1, -0.05) is 23.8 Å². The molecule has 6 heteroatoms. The largest absolute Gasteiger partial charge is 0.332 e. The molecule has 0 unspecified atom stereocenters. The molecule has 2 N–H and O–H groups in total. The minimum Gasteiger partial charge on any atom is -0.332 e. The predicted molar refractivity (Wildman–Crippen MR) is 93.6 cm³/mol. The van der Waals surface area contributed by atoms with Gasteiger partial charge in [0.15, 0.2) is 5.11 Å². The van der Waals surface area contributed by atoms with E-state index < -0.39 is 4.92 Å². The van der Waals surface area contributed by atoms with Crippen molar-refractivity contribution in [1.29, 1.82) is 0 Å². The summed E-state index contributed by atoms with van der Waals surface area (Å²) in [5.41, 5.74) is 4.41. The van der Waals surface area contributed by atoms with Crippen LogP contribution in [0.1, 0.15) is 16.7 Å². The molecule has 22 heavy (non-hydrogen) atoms. The van der Waals surface area contributed by atoms with E-state index in [1.165, 1.54) is 11.6 Å². The molecule has 2 aromatic rings. The van der Waals surface area contributed by atoms with Gasteiger partial charge in [-0.2, -0.15) is 0 Å². The van der Waals surface area contributed by atoms with Gasteiger partial charge >= 0.3 is 0 Å². The van der Waals surface area contributed by atoms with Crippen molar-refractivity contribution in [3.05, 3.63) is 63.2 Å². The molecule has 0 amide bonds. The molecular formula is C16H17N3O2S. The first-order valence-electron chi connectivity index (χ1n) is 6.77. The highest BCUT2D eigenvalue weighted by molar-refractivity contribution is 7.80. The number of benzene rings is 2. The number of aryl methyl sites for hydroxylation is 2. The molecule has 5 nitrogen and oxygen atoms in total. The lowest BCUT2D eigenvalue weighted by Gasteiger charge is -2.14. The van der Waals surface area contributed by atoms with Gasteiger partial charge < -0.3 is 10.6 Å². The molecule has 0 heterocycles. The van der Waals surface area contributed by atoms with Crippen molar-refractivity contribution >= 4 is 34.4 Å². The third-order valence-corrected chi connectivity index (χ3v) is 3.58. The van der Waals surface area contributed by atoms with Gasteiger partial charge in [0.2, 0.25) is 0 Å². The second-order valence-electron chi connectivity index (χ2n) is 5.10. The van der Waals surface area contributed by atoms with Crippen LogP contribution < -0.4 is 10.6 Å². The van der Waals surface area contributed by atoms with Crippen LogP contribution in [0.5, 0.6) is 0 Å². The Kier molecular flexibility index (Phi) is 4.72. The number of nitrogens with zero attached hydrogens (tertiary/aromatic N) is 1. The number of nitro groups is 1. The first-order chi connectivity index (χ1) is 10.4. The Balaban J connectivity index is 2.16. The highest BCUT2D eigenvalue weighted by Gasteiger charge is 2.13. The lowest BCUT2D eigenvalue weighted by Crippen LogP contribution is -2.20. The maximum atomic E-state index is 11.0. The fourth-order valence-electron chi connectivity index (χ4n) is 2.19. The van der Waals surface area contributed by atoms with Crippen molar-refractivity contribution in [2.75, 3.05) is 10.6 Å². The molecule has 0 bridgehead atoms. The van der Waals surface area contributed by atoms with Crippen LogP contribution in [0.15, 0.2) is 36.4 Å². The number of rotatable bonds is 3. The Hall–Kier alpha value is -2.47. The van der Waals surface area contributed by atoms with Gasteiger partial charge in [-0.3, -0.25) is 10.1 Å². The maximum absolute atomic E-state index is 11.0. The summed E-state index contributed by atoms with van der Waals surface area (Å²) < 4.78 is 0. The zero-order chi connectivity index (χ0) is 16.3. The molecule has 2 rings (SSSR count). The van der Waals surface area contributed by atoms with E-state index >= 15 is 0 Å². The standard InChI is InChI=1S/C16H17N3O2S/c1-10-7-8-13(11(2)9-10)17-16(22)18-14-5-4-6-15(12(14)3)19(20)21/h4-9H,1-3H3,(H2,17,18,22). The summed E-state index contributed by atoms with van der Waals surface area (Å²) in [6.45, 7) is 5.72. The molecule has 0 saturated heterocycles. The molecule has 0 aliphatic carbocycles. The summed E-state index contributed by atoms with van der Waals surface area (Å²) in [7, 11) is 0. The van der Waals surface area contributed by atoms with Crippen molar-refractivity contribution in [3.8, 4) is 0 Å². The normalized spacial score (nSPS) is 10.1. The third-order valence-electron chi connectivity index (χ3n) is 3.38. The Bertz CT molecular complexity index is 744. The number of nitro benzene ring substituents is 1. The third kappa shape index (κ3) is 3.59. The lowest BCUT2D eigenvalue weighted by atomic mass is 10.1. The fourth-order valence-corrected chi connectivity index (χ4v) is 2.41. The number of hydrogen-bond donors (Lipinski definition) is 2. The topological polar surface area (TPSA) is 67.2 Å². The Morgan fingerprint density at radius 3 is 2.41 bits per heavy atom. The number of thiocarbonyl (C=S) groups is 1. The van der Waals surface area contributed by atoms with Gasteiger partial charge in [-0.25, -0.2) is 0 Å². The minimum absolute atomic E-state index is 0.0688. The Labute approximate surface area is 134 Å². The summed E-state index contributed by atoms with van der Waals surface area (Å²) in [6, 6.07) is 10.9. The van der Waals surface area contributed by atoms with Crippen molar-refractivity contribution < 1.29 is 4.92 Å². The minimum atomic E-state index is -0.402. The van der Waals surface area contributed by atoms with Crippen molar-refractivity contribution in [2.45, 2.75) is 20.8 Å². The zero-order valence-corrected chi connectivity index (χ0v) is 13.5. The average Bonchev–Trinajstić information content (AvgIpc) is 2.44. The van der Waals surface area contributed by atoms with E-state index in [2.05, 4.69) is 16.7 Å². The van der Waals surface area contributed by atoms with Gasteiger partial charge in [-0.15, -0.1) is 0 Å². The molecule has 114 valence electrons. The van der Waals surface area contributed by atoms with Gasteiger partial charge in [-0.05, 0) is 50.7 Å². The van der Waals surface area contributed by atoms with Crippen LogP contribution in [-0.4, -0.2) is 10.0 Å². The molecule has 0 fully saturated rings. The predicted octanol–water partition coefficient (Wildman–Crippen LogP) is 4.33. The van der Waals surface area contributed by atoms with Gasteiger partial charge in [0, 0.05) is 11.8 Å². The first kappa shape index (κ1) is 15.9. The van der Waals surface area contributed by atoms with E-state index in [0.29, 0.717) is 16.4 Å². The summed E-state index contributed by atoms with van der Waals surface area (Å²) in [5.74, 6) is 0. The highest BCUT2D eigenvalue weighted by atomic mass is 32.1. The van der Waals surface area contributed by atoms with Crippen LogP contribution in [0.25, 0.3) is 0 Å². The van der Waals surface area contributed by atoms with E-state index in [1.54, 1.807) is 19.1 Å². The zero-order valence-electron chi connectivity index (χ0n) is 12.6. The summed E-state index contributed by atoms with van der Waals surface area (Å²) in [6.07, 6.45) is 0. The van der Waals surface area contributed by atoms with Crippen LogP contribution in [0, 0.1) is 30.9 Å². The summed E-state index contributed by atoms with van der Waals surface area (Å²) >= 11 is 5.29. The number of hydrogen-bond acceptors (Lipinski definition) is 3. The molecular weight excluding hydrogens is 298 g/mol. The fraction of sp³-hybridized carbons (Fsp3) is 0.188. The monoisotopic (exact) mass is 315 g/mol. The second-order valence-corrected chi connectivity index (χ2v) is 5.51. The van der Waals surface area contributed by atoms with E-state index in [1.807, 2.05) is 26.0 Å². The number of anilines is 2. The van der Waals surface area contributed by atoms with Crippen LogP contribution in [-0.2, 0) is 0 Å². The van der Waals surface area contributed by atoms with Crippen LogP contribution in [0.3, 0.4) is 0 Å². The van der Waals surface area contributed by atoms with Crippen LogP contribution in [0.4, 0.5) is 17.1 Å². The quantitative estimate of drug-likeness (QED) is 0.501. The highest BCUT2D eigenvalue weighted by Crippen LogP contribution is 2.25. The molecule has 0 atom stereocenters. The molecule has 2 aromatic carbocycles. The molecule has 0 radical (unpaired) electrons. The van der Waals surface area contributed by atoms with Crippen LogP contribution >= 0.6 is 12.2 Å². The van der Waals surface area contributed by atoms with Crippen molar-refractivity contribution in [1.82, 2.24) is 0 Å². The van der Waals surface area contributed by atoms with Crippen LogP contribution in [0.2, 0.25) is 0 Å². The average molecular weight is 315 g/mol. The Morgan fingerprint density at radius 1 is 1.09 bits per heavy atom. The molecule has 0 spiro atoms. The first-order valence-corrected chi connectivity index (χ1v) is 7.18. The smallest absolute Gasteiger partial charge is 0.274 e. The van der Waals surface area contributed by atoms with E-state index in [9.17, 15) is 10.1 Å². The van der Waals surface area contributed by atoms with E-state index in [4.69, 9.17) is 12.2 Å². The van der Waals surface area contributed by atoms with Crippen molar-refractivity contribution in [3.63, 3.8) is 0 Å². The van der Waals surface area contributed by atoms with Gasteiger partial charge in [0.25, 0.3) is 5.69 Å². The van der Waals surface area contributed by atoms with Crippen molar-refractivity contribution in [2.24, 2.45) is 0 Å². The van der Waals surface area contributed by atoms with Gasteiger partial charge in [0.1, 0.15) is 0 Å². The molecule has 0 aliphatic rings. The maximum Gasteiger partial charge on any atom is 0.274 e. The SMILES string of the molecule is Cc1ccc(NC(=S)Nc2cccc([N+](=O)[O-])c2C)c(C)c1. The van der Waals surface area contributed by atoms with E-state index in [-0.39, 0.29) is 5.69 Å². The molecule has 0 saturated carbocycles. The molecule has 0 aliphatic heterocycles. The van der Waals surface area contributed by atoms with Gasteiger partial charge in [0.05, 0.1) is 16.2 Å². The Morgan fingerprint density at radius 2 is 1.77 bits per heavy atom. The second kappa shape index (κ2) is 6.53. The summed E-state index contributed by atoms with van der Waals surface area (Å²) in [4.78, 5) is 10.6. The summed E-state index contributed by atoms with van der Waals surface area (Å²) in [5, 5.41) is 17.5.